The molecule has 0 saturated carbocycles. The maximum absolute atomic E-state index is 6.09. The molecule has 0 fully saturated rings. The SMILES string of the molecule is CCCCCCCCc1ccc(OCCOCCOCCOCCOCCOCCOCCOCCOCCO[Si](C)(C)C(C)(C)C)cc1. The predicted molar refractivity (Wildman–Crippen MR) is 199 cm³/mol. The molecule has 1 aromatic rings. The molecule has 0 aliphatic heterocycles. The number of benzene rings is 1. The molecule has 0 aromatic heterocycles. The van der Waals surface area contributed by atoms with Crippen molar-refractivity contribution >= 4 is 8.32 Å². The van der Waals surface area contributed by atoms with Crippen molar-refractivity contribution in [2.24, 2.45) is 0 Å². The third-order valence-electron chi connectivity index (χ3n) is 8.34. The molecule has 49 heavy (non-hydrogen) atoms. The van der Waals surface area contributed by atoms with Crippen LogP contribution in [-0.4, -0.2) is 127 Å². The average Bonchev–Trinajstić information content (AvgIpc) is 3.07. The Bertz CT molecular complexity index is 835. The van der Waals surface area contributed by atoms with E-state index in [1.54, 1.807) is 0 Å². The summed E-state index contributed by atoms with van der Waals surface area (Å²) >= 11 is 0. The van der Waals surface area contributed by atoms with Crippen LogP contribution in [0.25, 0.3) is 0 Å². The van der Waals surface area contributed by atoms with Gasteiger partial charge in [0.1, 0.15) is 12.4 Å². The van der Waals surface area contributed by atoms with E-state index in [0.717, 1.165) is 12.2 Å². The lowest BCUT2D eigenvalue weighted by molar-refractivity contribution is -0.0241. The van der Waals surface area contributed by atoms with E-state index in [4.69, 9.17) is 47.1 Å². The van der Waals surface area contributed by atoms with Crippen LogP contribution in [0.2, 0.25) is 18.1 Å². The van der Waals surface area contributed by atoms with Crippen molar-refractivity contribution in [2.75, 3.05) is 119 Å². The lowest BCUT2D eigenvalue weighted by Crippen LogP contribution is -2.41. The maximum Gasteiger partial charge on any atom is 0.192 e. The monoisotopic (exact) mass is 716 g/mol. The second kappa shape index (κ2) is 31.6. The van der Waals surface area contributed by atoms with Crippen LogP contribution in [0.4, 0.5) is 0 Å². The van der Waals surface area contributed by atoms with Gasteiger partial charge in [-0.05, 0) is 48.7 Å². The molecule has 0 unspecified atom stereocenters. The summed E-state index contributed by atoms with van der Waals surface area (Å²) in [6.45, 7) is 23.2. The molecule has 0 amide bonds. The fourth-order valence-electron chi connectivity index (χ4n) is 4.29. The van der Waals surface area contributed by atoms with Crippen molar-refractivity contribution in [2.45, 2.75) is 90.8 Å². The van der Waals surface area contributed by atoms with E-state index in [0.29, 0.717) is 119 Å². The summed E-state index contributed by atoms with van der Waals surface area (Å²) < 4.78 is 56.2. The summed E-state index contributed by atoms with van der Waals surface area (Å²) in [5.74, 6) is 0.889. The van der Waals surface area contributed by atoms with E-state index in [-0.39, 0.29) is 5.04 Å². The first kappa shape index (κ1) is 45.9. The molecule has 0 spiro atoms. The van der Waals surface area contributed by atoms with Crippen molar-refractivity contribution in [3.63, 3.8) is 0 Å². The summed E-state index contributed by atoms with van der Waals surface area (Å²) in [7, 11) is -1.70. The molecule has 1 rings (SSSR count). The minimum Gasteiger partial charge on any atom is -0.491 e. The van der Waals surface area contributed by atoms with E-state index >= 15 is 0 Å². The highest BCUT2D eigenvalue weighted by molar-refractivity contribution is 6.74. The Morgan fingerprint density at radius 1 is 0.449 bits per heavy atom. The molecule has 288 valence electrons. The lowest BCUT2D eigenvalue weighted by atomic mass is 10.0. The molecule has 0 radical (unpaired) electrons. The van der Waals surface area contributed by atoms with Gasteiger partial charge in [0.15, 0.2) is 8.32 Å². The first-order chi connectivity index (χ1) is 23.8. The van der Waals surface area contributed by atoms with Gasteiger partial charge in [-0.25, -0.2) is 0 Å². The van der Waals surface area contributed by atoms with Gasteiger partial charge in [-0.15, -0.1) is 0 Å². The Kier molecular flexibility index (Phi) is 29.6. The fraction of sp³-hybridized carbons (Fsp3) is 0.842. The highest BCUT2D eigenvalue weighted by atomic mass is 28.4. The fourth-order valence-corrected chi connectivity index (χ4v) is 5.32. The Morgan fingerprint density at radius 3 is 1.18 bits per heavy atom. The number of ether oxygens (including phenoxy) is 9. The third kappa shape index (κ3) is 28.2. The summed E-state index contributed by atoms with van der Waals surface area (Å²) in [6, 6.07) is 8.45. The quantitative estimate of drug-likeness (QED) is 0.0528. The molecular weight excluding hydrogens is 644 g/mol. The zero-order valence-electron chi connectivity index (χ0n) is 32.1. The minimum atomic E-state index is -1.70. The molecule has 0 aliphatic carbocycles. The summed E-state index contributed by atoms with van der Waals surface area (Å²) in [6.07, 6.45) is 9.11. The van der Waals surface area contributed by atoms with Gasteiger partial charge in [0.25, 0.3) is 0 Å². The van der Waals surface area contributed by atoms with Gasteiger partial charge >= 0.3 is 0 Å². The van der Waals surface area contributed by atoms with Crippen LogP contribution in [0, 0.1) is 0 Å². The first-order valence-corrected chi connectivity index (χ1v) is 21.6. The minimum absolute atomic E-state index is 0.220. The smallest absolute Gasteiger partial charge is 0.192 e. The second-order valence-corrected chi connectivity index (χ2v) is 18.3. The van der Waals surface area contributed by atoms with E-state index in [9.17, 15) is 0 Å². The predicted octanol–water partition coefficient (Wildman–Crippen LogP) is 7.12. The van der Waals surface area contributed by atoms with Gasteiger partial charge in [0, 0.05) is 0 Å². The lowest BCUT2D eigenvalue weighted by Gasteiger charge is -2.36. The molecule has 0 heterocycles. The second-order valence-electron chi connectivity index (χ2n) is 13.5. The average molecular weight is 717 g/mol. The van der Waals surface area contributed by atoms with Crippen molar-refractivity contribution in [3.05, 3.63) is 29.8 Å². The molecule has 0 atom stereocenters. The van der Waals surface area contributed by atoms with Crippen molar-refractivity contribution in [1.82, 2.24) is 0 Å². The summed E-state index contributed by atoms with van der Waals surface area (Å²) in [5.41, 5.74) is 1.38. The highest BCUT2D eigenvalue weighted by Crippen LogP contribution is 2.36. The van der Waals surface area contributed by atoms with E-state index in [1.165, 1.54) is 44.1 Å². The Hall–Kier alpha value is -1.12. The Labute approximate surface area is 300 Å². The standard InChI is InChI=1S/C38H72O10Si/c1-7-8-9-10-11-12-13-36-14-16-37(17-15-36)47-34-32-45-30-28-43-26-24-41-22-20-39-18-19-40-21-23-42-25-27-44-29-31-46-33-35-48-49(5,6)38(2,3)4/h14-17H,7-13,18-35H2,1-6H3. The van der Waals surface area contributed by atoms with Gasteiger partial charge in [0.2, 0.25) is 0 Å². The normalized spacial score (nSPS) is 12.2. The maximum atomic E-state index is 6.09. The van der Waals surface area contributed by atoms with Gasteiger partial charge in [-0.1, -0.05) is 71.9 Å². The van der Waals surface area contributed by atoms with Crippen LogP contribution in [0.15, 0.2) is 24.3 Å². The number of hydrogen-bond acceptors (Lipinski definition) is 10. The Morgan fingerprint density at radius 2 is 0.796 bits per heavy atom. The molecule has 11 heteroatoms. The van der Waals surface area contributed by atoms with Crippen molar-refractivity contribution < 1.29 is 47.1 Å². The van der Waals surface area contributed by atoms with E-state index in [1.807, 2.05) is 0 Å². The molecule has 1 aromatic carbocycles. The van der Waals surface area contributed by atoms with Crippen LogP contribution in [-0.2, 0) is 48.7 Å². The van der Waals surface area contributed by atoms with E-state index < -0.39 is 8.32 Å². The molecule has 10 nitrogen and oxygen atoms in total. The van der Waals surface area contributed by atoms with Crippen molar-refractivity contribution in [3.8, 4) is 5.75 Å². The zero-order valence-corrected chi connectivity index (χ0v) is 33.1. The molecule has 0 aliphatic rings. The first-order valence-electron chi connectivity index (χ1n) is 18.7. The molecule has 0 N–H and O–H groups in total. The molecular formula is C38H72O10Si. The number of aryl methyl sites for hydroxylation is 1. The third-order valence-corrected chi connectivity index (χ3v) is 12.9. The number of rotatable bonds is 36. The highest BCUT2D eigenvalue weighted by Gasteiger charge is 2.36. The van der Waals surface area contributed by atoms with Gasteiger partial charge in [0.05, 0.1) is 112 Å². The van der Waals surface area contributed by atoms with Gasteiger partial charge in [-0.3, -0.25) is 0 Å². The van der Waals surface area contributed by atoms with Gasteiger partial charge < -0.3 is 47.1 Å². The number of unbranched alkanes of at least 4 members (excludes halogenated alkanes) is 5. The molecule has 0 bridgehead atoms. The van der Waals surface area contributed by atoms with Crippen LogP contribution < -0.4 is 4.74 Å². The van der Waals surface area contributed by atoms with Crippen LogP contribution in [0.1, 0.15) is 71.8 Å². The van der Waals surface area contributed by atoms with Gasteiger partial charge in [-0.2, -0.15) is 0 Å². The number of hydrogen-bond donors (Lipinski definition) is 0. The van der Waals surface area contributed by atoms with Crippen LogP contribution in [0.5, 0.6) is 5.75 Å². The van der Waals surface area contributed by atoms with Crippen LogP contribution in [0.3, 0.4) is 0 Å². The molecule has 0 saturated heterocycles. The Balaban J connectivity index is 1.73. The summed E-state index contributed by atoms with van der Waals surface area (Å²) in [4.78, 5) is 0. The van der Waals surface area contributed by atoms with Crippen molar-refractivity contribution in [1.29, 1.82) is 0 Å². The zero-order chi connectivity index (χ0) is 35.7. The largest absolute Gasteiger partial charge is 0.491 e. The van der Waals surface area contributed by atoms with E-state index in [2.05, 4.69) is 65.1 Å². The van der Waals surface area contributed by atoms with Crippen LogP contribution >= 0.6 is 0 Å². The summed E-state index contributed by atoms with van der Waals surface area (Å²) in [5, 5.41) is 0.220. The topological polar surface area (TPSA) is 92.3 Å².